The molecule has 1 amide bonds. The molecule has 2 aromatic rings. The van der Waals surface area contributed by atoms with Crippen LogP contribution in [0.15, 0.2) is 41.3 Å². The van der Waals surface area contributed by atoms with Gasteiger partial charge in [0.25, 0.3) is 5.91 Å². The van der Waals surface area contributed by atoms with Crippen molar-refractivity contribution in [3.63, 3.8) is 0 Å². The van der Waals surface area contributed by atoms with E-state index in [2.05, 4.69) is 10.3 Å². The van der Waals surface area contributed by atoms with Crippen LogP contribution in [-0.4, -0.2) is 10.9 Å². The maximum atomic E-state index is 11.9. The van der Waals surface area contributed by atoms with E-state index in [-0.39, 0.29) is 17.0 Å². The van der Waals surface area contributed by atoms with Gasteiger partial charge in [-0.2, -0.15) is 5.26 Å². The van der Waals surface area contributed by atoms with E-state index in [4.69, 9.17) is 16.9 Å². The number of nitrogens with one attached hydrogen (secondary N) is 2. The minimum Gasteiger partial charge on any atom is -0.328 e. The van der Waals surface area contributed by atoms with E-state index in [1.807, 2.05) is 6.07 Å². The molecule has 0 aliphatic carbocycles. The fourth-order valence-corrected chi connectivity index (χ4v) is 1.60. The van der Waals surface area contributed by atoms with Crippen LogP contribution in [0.1, 0.15) is 15.9 Å². The van der Waals surface area contributed by atoms with Gasteiger partial charge >= 0.3 is 0 Å². The number of halogens is 1. The smallest absolute Gasteiger partial charge is 0.257 e. The van der Waals surface area contributed by atoms with Gasteiger partial charge in [-0.25, -0.2) is 0 Å². The predicted octanol–water partition coefficient (Wildman–Crippen LogP) is 2.15. The Morgan fingerprint density at radius 1 is 1.32 bits per heavy atom. The summed E-state index contributed by atoms with van der Waals surface area (Å²) in [6.45, 7) is 0. The number of carbonyl (C=O) groups is 1. The average Bonchev–Trinajstić information content (AvgIpc) is 2.41. The molecule has 94 valence electrons. The van der Waals surface area contributed by atoms with Gasteiger partial charge in [-0.15, -0.1) is 0 Å². The third kappa shape index (κ3) is 3.00. The van der Waals surface area contributed by atoms with E-state index in [0.29, 0.717) is 16.3 Å². The molecular weight excluding hydrogens is 266 g/mol. The van der Waals surface area contributed by atoms with E-state index in [1.54, 1.807) is 6.07 Å². The second-order valence-corrected chi connectivity index (χ2v) is 4.11. The first-order chi connectivity index (χ1) is 9.10. The largest absolute Gasteiger partial charge is 0.328 e. The molecular formula is C13H8ClN3O2. The third-order valence-corrected chi connectivity index (χ3v) is 2.72. The number of nitriles is 1. The van der Waals surface area contributed by atoms with E-state index < -0.39 is 0 Å². The number of benzene rings is 1. The SMILES string of the molecule is N#Cc1cc(NC(=O)c2ccc(=O)[nH]c2)ccc1Cl. The quantitative estimate of drug-likeness (QED) is 0.879. The van der Waals surface area contributed by atoms with Crippen molar-refractivity contribution in [2.75, 3.05) is 5.32 Å². The summed E-state index contributed by atoms with van der Waals surface area (Å²) < 4.78 is 0. The Labute approximate surface area is 113 Å². The molecule has 1 heterocycles. The molecule has 1 aromatic carbocycles. The van der Waals surface area contributed by atoms with E-state index in [0.717, 1.165) is 0 Å². The number of carbonyl (C=O) groups excluding carboxylic acids is 1. The minimum atomic E-state index is -0.387. The summed E-state index contributed by atoms with van der Waals surface area (Å²) in [5, 5.41) is 11.8. The van der Waals surface area contributed by atoms with Crippen molar-refractivity contribution < 1.29 is 4.79 Å². The van der Waals surface area contributed by atoms with Crippen molar-refractivity contribution in [3.8, 4) is 6.07 Å². The van der Waals surface area contributed by atoms with Crippen molar-refractivity contribution in [3.05, 3.63) is 63.0 Å². The van der Waals surface area contributed by atoms with Crippen LogP contribution in [0.25, 0.3) is 0 Å². The Morgan fingerprint density at radius 3 is 2.74 bits per heavy atom. The number of hydrogen-bond donors (Lipinski definition) is 2. The Bertz CT molecular complexity index is 711. The number of pyridine rings is 1. The molecule has 0 saturated heterocycles. The lowest BCUT2D eigenvalue weighted by Crippen LogP contribution is -2.14. The Hall–Kier alpha value is -2.58. The lowest BCUT2D eigenvalue weighted by molar-refractivity contribution is 0.102. The maximum absolute atomic E-state index is 11.9. The first-order valence-electron chi connectivity index (χ1n) is 5.30. The number of anilines is 1. The monoisotopic (exact) mass is 273 g/mol. The van der Waals surface area contributed by atoms with Crippen LogP contribution in [0.3, 0.4) is 0 Å². The fourth-order valence-electron chi connectivity index (χ4n) is 1.44. The predicted molar refractivity (Wildman–Crippen MR) is 71.2 cm³/mol. The van der Waals surface area contributed by atoms with Gasteiger partial charge in [0.1, 0.15) is 6.07 Å². The summed E-state index contributed by atoms with van der Waals surface area (Å²) in [5.74, 6) is -0.387. The molecule has 0 aliphatic rings. The van der Waals surface area contributed by atoms with E-state index >= 15 is 0 Å². The molecule has 0 fully saturated rings. The number of nitrogens with zero attached hydrogens (tertiary/aromatic N) is 1. The zero-order valence-electron chi connectivity index (χ0n) is 9.61. The maximum Gasteiger partial charge on any atom is 0.257 e. The molecule has 0 saturated carbocycles. The number of aromatic nitrogens is 1. The van der Waals surface area contributed by atoms with Crippen LogP contribution < -0.4 is 10.9 Å². The summed E-state index contributed by atoms with van der Waals surface area (Å²) in [4.78, 5) is 25.2. The summed E-state index contributed by atoms with van der Waals surface area (Å²) in [7, 11) is 0. The van der Waals surface area contributed by atoms with Gasteiger partial charge in [0.05, 0.1) is 16.1 Å². The third-order valence-electron chi connectivity index (χ3n) is 2.39. The molecule has 2 N–H and O–H groups in total. The molecule has 2 rings (SSSR count). The zero-order chi connectivity index (χ0) is 13.8. The van der Waals surface area contributed by atoms with Gasteiger partial charge in [-0.3, -0.25) is 9.59 Å². The molecule has 0 radical (unpaired) electrons. The van der Waals surface area contributed by atoms with Crippen molar-refractivity contribution in [2.24, 2.45) is 0 Å². The molecule has 0 atom stereocenters. The van der Waals surface area contributed by atoms with Gasteiger partial charge in [-0.05, 0) is 24.3 Å². The van der Waals surface area contributed by atoms with Crippen LogP contribution in [-0.2, 0) is 0 Å². The average molecular weight is 274 g/mol. The molecule has 0 spiro atoms. The molecule has 0 unspecified atom stereocenters. The second-order valence-electron chi connectivity index (χ2n) is 3.70. The number of amides is 1. The van der Waals surface area contributed by atoms with Gasteiger partial charge < -0.3 is 10.3 Å². The minimum absolute atomic E-state index is 0.279. The Morgan fingerprint density at radius 2 is 2.11 bits per heavy atom. The summed E-state index contributed by atoms with van der Waals surface area (Å²) in [6.07, 6.45) is 1.32. The molecule has 0 bridgehead atoms. The lowest BCUT2D eigenvalue weighted by atomic mass is 10.2. The number of hydrogen-bond acceptors (Lipinski definition) is 3. The normalized spacial score (nSPS) is 9.68. The van der Waals surface area contributed by atoms with Crippen molar-refractivity contribution in [2.45, 2.75) is 0 Å². The summed E-state index contributed by atoms with van der Waals surface area (Å²) in [5.41, 5.74) is 0.765. The van der Waals surface area contributed by atoms with Gasteiger partial charge in [0, 0.05) is 18.0 Å². The highest BCUT2D eigenvalue weighted by atomic mass is 35.5. The van der Waals surface area contributed by atoms with Crippen molar-refractivity contribution >= 4 is 23.2 Å². The van der Waals surface area contributed by atoms with Gasteiger partial charge in [-0.1, -0.05) is 11.6 Å². The van der Waals surface area contributed by atoms with Crippen LogP contribution in [0.5, 0.6) is 0 Å². The first-order valence-corrected chi connectivity index (χ1v) is 5.67. The van der Waals surface area contributed by atoms with Crippen LogP contribution in [0, 0.1) is 11.3 Å². The molecule has 6 heteroatoms. The zero-order valence-corrected chi connectivity index (χ0v) is 10.4. The Kier molecular flexibility index (Phi) is 3.64. The van der Waals surface area contributed by atoms with Gasteiger partial charge in [0.2, 0.25) is 5.56 Å². The molecule has 1 aromatic heterocycles. The van der Waals surface area contributed by atoms with Crippen LogP contribution in [0.4, 0.5) is 5.69 Å². The Balaban J connectivity index is 2.22. The molecule has 0 aliphatic heterocycles. The van der Waals surface area contributed by atoms with E-state index in [1.165, 1.54) is 30.5 Å². The summed E-state index contributed by atoms with van der Waals surface area (Å²) >= 11 is 5.79. The standard InChI is InChI=1S/C13H8ClN3O2/c14-11-3-2-10(5-9(11)6-15)17-13(19)8-1-4-12(18)16-7-8/h1-5,7H,(H,16,18)(H,17,19). The number of rotatable bonds is 2. The molecule has 19 heavy (non-hydrogen) atoms. The van der Waals surface area contributed by atoms with Crippen molar-refractivity contribution in [1.29, 1.82) is 5.26 Å². The first kappa shape index (κ1) is 12.9. The lowest BCUT2D eigenvalue weighted by Gasteiger charge is -2.05. The van der Waals surface area contributed by atoms with Gasteiger partial charge in [0.15, 0.2) is 0 Å². The number of aromatic amines is 1. The highest BCUT2D eigenvalue weighted by Crippen LogP contribution is 2.20. The van der Waals surface area contributed by atoms with E-state index in [9.17, 15) is 9.59 Å². The van der Waals surface area contributed by atoms with Crippen molar-refractivity contribution in [1.82, 2.24) is 4.98 Å². The number of H-pyrrole nitrogens is 1. The van der Waals surface area contributed by atoms with Crippen LogP contribution >= 0.6 is 11.6 Å². The highest BCUT2D eigenvalue weighted by molar-refractivity contribution is 6.31. The molecule has 5 nitrogen and oxygen atoms in total. The fraction of sp³-hybridized carbons (Fsp3) is 0. The highest BCUT2D eigenvalue weighted by Gasteiger charge is 2.07. The topological polar surface area (TPSA) is 85.8 Å². The summed E-state index contributed by atoms with van der Waals surface area (Å²) in [6, 6.07) is 9.20. The second kappa shape index (κ2) is 5.38. The van der Waals surface area contributed by atoms with Crippen LogP contribution in [0.2, 0.25) is 5.02 Å².